The first-order valence-corrected chi connectivity index (χ1v) is 4.27. The molecule has 0 spiro atoms. The van der Waals surface area contributed by atoms with Crippen LogP contribution >= 0.6 is 0 Å². The van der Waals surface area contributed by atoms with Crippen molar-refractivity contribution in [3.05, 3.63) is 17.9 Å². The first-order valence-electron chi connectivity index (χ1n) is 4.27. The van der Waals surface area contributed by atoms with Crippen LogP contribution in [0, 0.1) is 6.92 Å². The summed E-state index contributed by atoms with van der Waals surface area (Å²) >= 11 is 0. The molecule has 1 heterocycles. The summed E-state index contributed by atoms with van der Waals surface area (Å²) in [5.41, 5.74) is 5.05. The van der Waals surface area contributed by atoms with Crippen LogP contribution in [0.4, 0.5) is 5.88 Å². The Bertz CT molecular complexity index is 339. The molecule has 1 saturated carbocycles. The molecular weight excluding hydrogens is 168 g/mol. The minimum atomic E-state index is -0.638. The molecule has 0 atom stereocenters. The average molecular weight is 180 g/mol. The molecule has 1 fully saturated rings. The maximum atomic E-state index is 11.4. The van der Waals surface area contributed by atoms with Gasteiger partial charge in [0.1, 0.15) is 5.76 Å². The lowest BCUT2D eigenvalue weighted by Gasteiger charge is -2.06. The van der Waals surface area contributed by atoms with Crippen molar-refractivity contribution < 1.29 is 9.21 Å². The van der Waals surface area contributed by atoms with Gasteiger partial charge < -0.3 is 10.2 Å². The molecule has 0 saturated heterocycles. The van der Waals surface area contributed by atoms with Crippen molar-refractivity contribution in [1.82, 2.24) is 0 Å². The zero-order chi connectivity index (χ0) is 9.47. The molecule has 0 aromatic carbocycles. The van der Waals surface area contributed by atoms with Crippen LogP contribution in [-0.2, 0) is 4.79 Å². The molecule has 1 aromatic rings. The number of hydrogen-bond acceptors (Lipinski definition) is 3. The van der Waals surface area contributed by atoms with Gasteiger partial charge in [0.25, 0.3) is 0 Å². The summed E-state index contributed by atoms with van der Waals surface area (Å²) in [6.45, 7) is 1.82. The fourth-order valence-electron chi connectivity index (χ4n) is 1.10. The number of aryl methyl sites for hydroxylation is 1. The molecule has 0 unspecified atom stereocenters. The van der Waals surface area contributed by atoms with Crippen LogP contribution in [0.25, 0.3) is 0 Å². The molecule has 1 aromatic heterocycles. The van der Waals surface area contributed by atoms with Crippen LogP contribution in [0.3, 0.4) is 0 Å². The van der Waals surface area contributed by atoms with E-state index in [1.165, 1.54) is 0 Å². The summed E-state index contributed by atoms with van der Waals surface area (Å²) < 4.78 is 5.19. The predicted octanol–water partition coefficient (Wildman–Crippen LogP) is 1.02. The summed E-state index contributed by atoms with van der Waals surface area (Å²) in [5.74, 6) is 1.10. The van der Waals surface area contributed by atoms with Crippen molar-refractivity contribution >= 4 is 11.8 Å². The van der Waals surface area contributed by atoms with Crippen LogP contribution in [0.5, 0.6) is 0 Å². The highest BCUT2D eigenvalue weighted by atomic mass is 16.4. The summed E-state index contributed by atoms with van der Waals surface area (Å²) in [7, 11) is 0. The smallest absolute Gasteiger partial charge is 0.246 e. The number of carbonyl (C=O) groups excluding carboxylic acids is 1. The van der Waals surface area contributed by atoms with Gasteiger partial charge in [-0.15, -0.1) is 0 Å². The Hall–Kier alpha value is -1.29. The lowest BCUT2D eigenvalue weighted by molar-refractivity contribution is -0.118. The molecule has 13 heavy (non-hydrogen) atoms. The van der Waals surface area contributed by atoms with Gasteiger partial charge in [0, 0.05) is 6.07 Å². The van der Waals surface area contributed by atoms with Crippen molar-refractivity contribution in [3.63, 3.8) is 0 Å². The standard InChI is InChI=1S/C9H12N2O2/c1-6-2-3-7(13-6)11-8(12)9(10)4-5-9/h2-3H,4-5,10H2,1H3,(H,11,12). The number of anilines is 1. The van der Waals surface area contributed by atoms with Gasteiger partial charge in [0.05, 0.1) is 5.54 Å². The van der Waals surface area contributed by atoms with E-state index in [2.05, 4.69) is 5.32 Å². The van der Waals surface area contributed by atoms with Crippen LogP contribution in [-0.4, -0.2) is 11.4 Å². The second-order valence-electron chi connectivity index (χ2n) is 3.52. The second-order valence-corrected chi connectivity index (χ2v) is 3.52. The lowest BCUT2D eigenvalue weighted by Crippen LogP contribution is -2.37. The number of furan rings is 1. The lowest BCUT2D eigenvalue weighted by atomic mass is 10.3. The van der Waals surface area contributed by atoms with Crippen molar-refractivity contribution in [2.24, 2.45) is 5.73 Å². The molecule has 4 heteroatoms. The molecule has 0 bridgehead atoms. The molecule has 3 N–H and O–H groups in total. The van der Waals surface area contributed by atoms with Crippen molar-refractivity contribution in [2.75, 3.05) is 5.32 Å². The van der Waals surface area contributed by atoms with Gasteiger partial charge in [0.15, 0.2) is 5.88 Å². The molecule has 1 amide bonds. The Labute approximate surface area is 76.1 Å². The molecular formula is C9H12N2O2. The van der Waals surface area contributed by atoms with E-state index in [-0.39, 0.29) is 5.91 Å². The Morgan fingerprint density at radius 2 is 2.31 bits per heavy atom. The highest BCUT2D eigenvalue weighted by Crippen LogP contribution is 2.33. The monoisotopic (exact) mass is 180 g/mol. The number of rotatable bonds is 2. The van der Waals surface area contributed by atoms with Crippen LogP contribution < -0.4 is 11.1 Å². The highest BCUT2D eigenvalue weighted by Gasteiger charge is 2.46. The predicted molar refractivity (Wildman–Crippen MR) is 48.2 cm³/mol. The third-order valence-corrected chi connectivity index (χ3v) is 2.22. The normalized spacial score (nSPS) is 18.3. The van der Waals surface area contributed by atoms with E-state index >= 15 is 0 Å². The average Bonchev–Trinajstić information content (AvgIpc) is 2.69. The summed E-state index contributed by atoms with van der Waals surface area (Å²) in [6.07, 6.45) is 1.52. The Balaban J connectivity index is 2.02. The maximum absolute atomic E-state index is 11.4. The van der Waals surface area contributed by atoms with E-state index in [0.717, 1.165) is 18.6 Å². The van der Waals surface area contributed by atoms with Crippen LogP contribution in [0.15, 0.2) is 16.5 Å². The fourth-order valence-corrected chi connectivity index (χ4v) is 1.10. The highest BCUT2D eigenvalue weighted by molar-refractivity contribution is 5.99. The van der Waals surface area contributed by atoms with E-state index < -0.39 is 5.54 Å². The van der Waals surface area contributed by atoms with Crippen molar-refractivity contribution in [3.8, 4) is 0 Å². The van der Waals surface area contributed by atoms with E-state index in [0.29, 0.717) is 5.88 Å². The van der Waals surface area contributed by atoms with Gasteiger partial charge in [-0.1, -0.05) is 0 Å². The van der Waals surface area contributed by atoms with Gasteiger partial charge in [-0.25, -0.2) is 0 Å². The SMILES string of the molecule is Cc1ccc(NC(=O)C2(N)CC2)o1. The number of carbonyl (C=O) groups is 1. The first-order chi connectivity index (χ1) is 6.10. The Kier molecular flexibility index (Phi) is 1.66. The molecule has 0 aliphatic heterocycles. The molecule has 4 nitrogen and oxygen atoms in total. The van der Waals surface area contributed by atoms with E-state index in [1.807, 2.05) is 6.92 Å². The van der Waals surface area contributed by atoms with Crippen LogP contribution in [0.1, 0.15) is 18.6 Å². The summed E-state index contributed by atoms with van der Waals surface area (Å²) in [5, 5.41) is 2.63. The van der Waals surface area contributed by atoms with E-state index in [4.69, 9.17) is 10.2 Å². The minimum Gasteiger partial charge on any atom is -0.446 e. The number of hydrogen-bond donors (Lipinski definition) is 2. The quantitative estimate of drug-likeness (QED) is 0.713. The van der Waals surface area contributed by atoms with Crippen LogP contribution in [0.2, 0.25) is 0 Å². The largest absolute Gasteiger partial charge is 0.446 e. The maximum Gasteiger partial charge on any atom is 0.246 e. The van der Waals surface area contributed by atoms with Crippen molar-refractivity contribution in [1.29, 1.82) is 0 Å². The summed E-state index contributed by atoms with van der Waals surface area (Å²) in [6, 6.07) is 3.52. The second kappa shape index (κ2) is 2.60. The molecule has 1 aliphatic carbocycles. The number of nitrogens with one attached hydrogen (secondary N) is 1. The number of amides is 1. The van der Waals surface area contributed by atoms with Gasteiger partial charge in [-0.3, -0.25) is 10.1 Å². The zero-order valence-electron chi connectivity index (χ0n) is 7.46. The molecule has 70 valence electrons. The van der Waals surface area contributed by atoms with E-state index in [9.17, 15) is 4.79 Å². The first kappa shape index (κ1) is 8.31. The molecule has 0 radical (unpaired) electrons. The third-order valence-electron chi connectivity index (χ3n) is 2.22. The van der Waals surface area contributed by atoms with Gasteiger partial charge in [0.2, 0.25) is 5.91 Å². The minimum absolute atomic E-state index is 0.151. The zero-order valence-corrected chi connectivity index (χ0v) is 7.46. The topological polar surface area (TPSA) is 68.3 Å². The van der Waals surface area contributed by atoms with E-state index in [1.54, 1.807) is 12.1 Å². The van der Waals surface area contributed by atoms with Gasteiger partial charge >= 0.3 is 0 Å². The Morgan fingerprint density at radius 3 is 2.77 bits per heavy atom. The Morgan fingerprint density at radius 1 is 1.62 bits per heavy atom. The third kappa shape index (κ3) is 1.58. The number of nitrogens with two attached hydrogens (primary N) is 1. The fraction of sp³-hybridized carbons (Fsp3) is 0.444. The van der Waals surface area contributed by atoms with Crippen molar-refractivity contribution in [2.45, 2.75) is 25.3 Å². The molecule has 1 aliphatic rings. The summed E-state index contributed by atoms with van der Waals surface area (Å²) in [4.78, 5) is 11.4. The van der Waals surface area contributed by atoms with Gasteiger partial charge in [-0.2, -0.15) is 0 Å². The van der Waals surface area contributed by atoms with Gasteiger partial charge in [-0.05, 0) is 25.8 Å². The molecule has 2 rings (SSSR count).